The van der Waals surface area contributed by atoms with Crippen molar-refractivity contribution in [3.05, 3.63) is 59.4 Å². The van der Waals surface area contributed by atoms with Crippen molar-refractivity contribution in [3.8, 4) is 5.75 Å². The number of amides is 2. The molecule has 0 fully saturated rings. The van der Waals surface area contributed by atoms with Crippen LogP contribution in [0.25, 0.3) is 0 Å². The van der Waals surface area contributed by atoms with Crippen molar-refractivity contribution in [3.63, 3.8) is 0 Å². The van der Waals surface area contributed by atoms with Crippen molar-refractivity contribution < 1.29 is 13.9 Å². The van der Waals surface area contributed by atoms with Crippen LogP contribution in [-0.2, 0) is 0 Å². The van der Waals surface area contributed by atoms with Gasteiger partial charge in [-0.1, -0.05) is 24.3 Å². The van der Waals surface area contributed by atoms with Crippen LogP contribution in [0, 0.1) is 19.7 Å². The van der Waals surface area contributed by atoms with Gasteiger partial charge in [0.2, 0.25) is 0 Å². The van der Waals surface area contributed by atoms with E-state index >= 15 is 0 Å². The fourth-order valence-corrected chi connectivity index (χ4v) is 1.92. The second kappa shape index (κ2) is 7.45. The van der Waals surface area contributed by atoms with Gasteiger partial charge in [0.25, 0.3) is 0 Å². The van der Waals surface area contributed by atoms with E-state index in [4.69, 9.17) is 4.74 Å². The molecule has 22 heavy (non-hydrogen) atoms. The summed E-state index contributed by atoms with van der Waals surface area (Å²) in [7, 11) is 0. The van der Waals surface area contributed by atoms with Gasteiger partial charge in [-0.05, 0) is 43.2 Å². The van der Waals surface area contributed by atoms with Gasteiger partial charge in [-0.15, -0.1) is 0 Å². The molecule has 2 amide bonds. The third kappa shape index (κ3) is 4.48. The lowest BCUT2D eigenvalue weighted by molar-refractivity contribution is 0.247. The molecule has 0 aliphatic rings. The average molecular weight is 302 g/mol. The summed E-state index contributed by atoms with van der Waals surface area (Å²) in [4.78, 5) is 11.7. The Morgan fingerprint density at radius 3 is 2.73 bits per heavy atom. The lowest BCUT2D eigenvalue weighted by Crippen LogP contribution is -2.32. The zero-order valence-electron chi connectivity index (χ0n) is 12.7. The van der Waals surface area contributed by atoms with Crippen molar-refractivity contribution in [1.29, 1.82) is 0 Å². The Morgan fingerprint density at radius 2 is 1.95 bits per heavy atom. The van der Waals surface area contributed by atoms with Gasteiger partial charge in [0, 0.05) is 0 Å². The minimum atomic E-state index is -0.468. The molecule has 0 radical (unpaired) electrons. The van der Waals surface area contributed by atoms with Gasteiger partial charge in [0.05, 0.1) is 12.2 Å². The highest BCUT2D eigenvalue weighted by Crippen LogP contribution is 2.18. The molecule has 0 bridgehead atoms. The number of anilines is 1. The first-order valence-corrected chi connectivity index (χ1v) is 7.05. The number of benzene rings is 2. The third-order valence-electron chi connectivity index (χ3n) is 3.11. The van der Waals surface area contributed by atoms with Crippen molar-refractivity contribution in [1.82, 2.24) is 5.32 Å². The maximum Gasteiger partial charge on any atom is 0.319 e. The van der Waals surface area contributed by atoms with Crippen LogP contribution < -0.4 is 15.4 Å². The SMILES string of the molecule is Cc1ccc(C)c(OCCNC(=O)Nc2ccccc2F)c1. The van der Waals surface area contributed by atoms with Crippen LogP contribution in [0.3, 0.4) is 0 Å². The summed E-state index contributed by atoms with van der Waals surface area (Å²) in [5.74, 6) is 0.334. The maximum atomic E-state index is 13.4. The molecule has 0 heterocycles. The van der Waals surface area contributed by atoms with Gasteiger partial charge in [0.1, 0.15) is 18.2 Å². The van der Waals surface area contributed by atoms with Crippen molar-refractivity contribution in [2.45, 2.75) is 13.8 Å². The van der Waals surface area contributed by atoms with Crippen molar-refractivity contribution in [2.24, 2.45) is 0 Å². The first-order chi connectivity index (χ1) is 10.6. The van der Waals surface area contributed by atoms with Crippen LogP contribution in [0.4, 0.5) is 14.9 Å². The second-order valence-electron chi connectivity index (χ2n) is 4.98. The van der Waals surface area contributed by atoms with E-state index in [-0.39, 0.29) is 5.69 Å². The zero-order chi connectivity index (χ0) is 15.9. The largest absolute Gasteiger partial charge is 0.491 e. The number of hydrogen-bond donors (Lipinski definition) is 2. The molecule has 2 aromatic carbocycles. The lowest BCUT2D eigenvalue weighted by atomic mass is 10.1. The molecule has 116 valence electrons. The number of nitrogens with one attached hydrogen (secondary N) is 2. The molecule has 5 heteroatoms. The van der Waals surface area contributed by atoms with Gasteiger partial charge in [-0.3, -0.25) is 0 Å². The van der Waals surface area contributed by atoms with Crippen LogP contribution in [0.2, 0.25) is 0 Å². The van der Waals surface area contributed by atoms with E-state index in [1.807, 2.05) is 32.0 Å². The molecule has 0 aliphatic carbocycles. The van der Waals surface area contributed by atoms with E-state index in [0.29, 0.717) is 13.2 Å². The molecule has 0 spiro atoms. The summed E-state index contributed by atoms with van der Waals surface area (Å²) in [5, 5.41) is 5.07. The summed E-state index contributed by atoms with van der Waals surface area (Å²) >= 11 is 0. The molecular formula is C17H19FN2O2. The number of rotatable bonds is 5. The Balaban J connectivity index is 1.76. The third-order valence-corrected chi connectivity index (χ3v) is 3.11. The number of carbonyl (C=O) groups excluding carboxylic acids is 1. The summed E-state index contributed by atoms with van der Waals surface area (Å²) in [6, 6.07) is 11.5. The Morgan fingerprint density at radius 1 is 1.18 bits per heavy atom. The Kier molecular flexibility index (Phi) is 5.36. The first-order valence-electron chi connectivity index (χ1n) is 7.05. The van der Waals surface area contributed by atoms with E-state index in [9.17, 15) is 9.18 Å². The number of ether oxygens (including phenoxy) is 1. The number of aryl methyl sites for hydroxylation is 2. The van der Waals surface area contributed by atoms with Gasteiger partial charge in [-0.2, -0.15) is 0 Å². The van der Waals surface area contributed by atoms with Crippen LogP contribution in [0.15, 0.2) is 42.5 Å². The molecule has 0 aliphatic heterocycles. The number of hydrogen-bond acceptors (Lipinski definition) is 2. The monoisotopic (exact) mass is 302 g/mol. The van der Waals surface area contributed by atoms with Gasteiger partial charge < -0.3 is 15.4 Å². The topological polar surface area (TPSA) is 50.4 Å². The van der Waals surface area contributed by atoms with Crippen LogP contribution in [-0.4, -0.2) is 19.2 Å². The minimum absolute atomic E-state index is 0.149. The second-order valence-corrected chi connectivity index (χ2v) is 4.98. The van der Waals surface area contributed by atoms with Crippen LogP contribution in [0.1, 0.15) is 11.1 Å². The van der Waals surface area contributed by atoms with Gasteiger partial charge in [-0.25, -0.2) is 9.18 Å². The van der Waals surface area contributed by atoms with Gasteiger partial charge in [0.15, 0.2) is 0 Å². The highest BCUT2D eigenvalue weighted by atomic mass is 19.1. The minimum Gasteiger partial charge on any atom is -0.491 e. The molecule has 0 saturated carbocycles. The molecule has 4 nitrogen and oxygen atoms in total. The van der Waals surface area contributed by atoms with E-state index in [0.717, 1.165) is 16.9 Å². The number of urea groups is 1. The first kappa shape index (κ1) is 15.8. The highest BCUT2D eigenvalue weighted by molar-refractivity contribution is 5.89. The molecule has 2 rings (SSSR count). The van der Waals surface area contributed by atoms with E-state index in [2.05, 4.69) is 10.6 Å². The Labute approximate surface area is 129 Å². The Hall–Kier alpha value is -2.56. The zero-order valence-corrected chi connectivity index (χ0v) is 12.7. The molecule has 0 saturated heterocycles. The maximum absolute atomic E-state index is 13.4. The molecule has 0 atom stereocenters. The fourth-order valence-electron chi connectivity index (χ4n) is 1.92. The highest BCUT2D eigenvalue weighted by Gasteiger charge is 2.05. The number of halogens is 1. The van der Waals surface area contributed by atoms with Gasteiger partial charge >= 0.3 is 6.03 Å². The summed E-state index contributed by atoms with van der Waals surface area (Å²) in [6.45, 7) is 4.63. The molecule has 0 aromatic heterocycles. The van der Waals surface area contributed by atoms with Crippen molar-refractivity contribution >= 4 is 11.7 Å². The lowest BCUT2D eigenvalue weighted by Gasteiger charge is -2.11. The average Bonchev–Trinajstić information content (AvgIpc) is 2.49. The van der Waals surface area contributed by atoms with E-state index < -0.39 is 11.8 Å². The van der Waals surface area contributed by atoms with Crippen LogP contribution >= 0.6 is 0 Å². The Bertz CT molecular complexity index is 659. The summed E-state index contributed by atoms with van der Waals surface area (Å²) < 4.78 is 19.0. The molecule has 2 N–H and O–H groups in total. The quantitative estimate of drug-likeness (QED) is 0.828. The number of para-hydroxylation sites is 1. The normalized spacial score (nSPS) is 10.1. The molecular weight excluding hydrogens is 283 g/mol. The van der Waals surface area contributed by atoms with E-state index in [1.165, 1.54) is 12.1 Å². The predicted molar refractivity (Wildman–Crippen MR) is 84.8 cm³/mol. The van der Waals surface area contributed by atoms with Crippen LogP contribution in [0.5, 0.6) is 5.75 Å². The van der Waals surface area contributed by atoms with E-state index in [1.54, 1.807) is 12.1 Å². The summed E-state index contributed by atoms with van der Waals surface area (Å²) in [6.07, 6.45) is 0. The fraction of sp³-hybridized carbons (Fsp3) is 0.235. The van der Waals surface area contributed by atoms with Crippen molar-refractivity contribution in [2.75, 3.05) is 18.5 Å². The number of carbonyl (C=O) groups is 1. The molecule has 0 unspecified atom stereocenters. The molecule has 2 aromatic rings. The summed E-state index contributed by atoms with van der Waals surface area (Å²) in [5.41, 5.74) is 2.31. The smallest absolute Gasteiger partial charge is 0.319 e. The predicted octanol–water partition coefficient (Wildman–Crippen LogP) is 3.64. The standard InChI is InChI=1S/C17H19FN2O2/c1-12-7-8-13(2)16(11-12)22-10-9-19-17(21)20-15-6-4-3-5-14(15)18/h3-8,11H,9-10H2,1-2H3,(H2,19,20,21).